The fraction of sp³-hybridized carbons (Fsp3) is 0.182. The number of alkyl halides is 7. The van der Waals surface area contributed by atoms with Crippen LogP contribution < -0.4 is 0 Å². The van der Waals surface area contributed by atoms with E-state index in [4.69, 9.17) is 0 Å². The van der Waals surface area contributed by atoms with E-state index in [0.29, 0.717) is 12.1 Å². The lowest BCUT2D eigenvalue weighted by molar-refractivity contribution is -0.137. The molecule has 0 saturated carbocycles. The van der Waals surface area contributed by atoms with E-state index in [1.807, 2.05) is 0 Å². The fourth-order valence-corrected chi connectivity index (χ4v) is 6.27. The van der Waals surface area contributed by atoms with E-state index in [1.54, 1.807) is 0 Å². The highest BCUT2D eigenvalue weighted by Crippen LogP contribution is 2.58. The van der Waals surface area contributed by atoms with Crippen molar-refractivity contribution in [3.63, 3.8) is 0 Å². The molecule has 0 aliphatic heterocycles. The Morgan fingerprint density at radius 2 is 1.28 bits per heavy atom. The normalized spacial score (nSPS) is 24.0. The van der Waals surface area contributed by atoms with Gasteiger partial charge in [-0.1, -0.05) is 12.2 Å². The van der Waals surface area contributed by atoms with Crippen LogP contribution in [-0.4, -0.2) is 22.3 Å². The van der Waals surface area contributed by atoms with Crippen molar-refractivity contribution in [2.75, 3.05) is 0 Å². The monoisotopic (exact) mass is 663 g/mol. The highest BCUT2D eigenvalue weighted by molar-refractivity contribution is 5.92. The zero-order chi connectivity index (χ0) is 34.0. The topological polar surface area (TPSA) is 49.6 Å². The molecule has 0 amide bonds. The van der Waals surface area contributed by atoms with Crippen LogP contribution >= 0.6 is 0 Å². The Morgan fingerprint density at radius 3 is 1.83 bits per heavy atom. The lowest BCUT2D eigenvalue weighted by Gasteiger charge is -2.29. The molecule has 2 aromatic heterocycles. The number of nitrogens with zero attached hydrogens (tertiary/aromatic N) is 3. The Morgan fingerprint density at radius 1 is 0.702 bits per heavy atom. The summed E-state index contributed by atoms with van der Waals surface area (Å²) >= 11 is 0. The number of fused-ring (bicyclic) bond motifs is 3. The van der Waals surface area contributed by atoms with Gasteiger partial charge in [0, 0.05) is 42.2 Å². The Kier molecular flexibility index (Phi) is 7.69. The third kappa shape index (κ3) is 5.23. The predicted molar refractivity (Wildman–Crippen MR) is 147 cm³/mol. The van der Waals surface area contributed by atoms with Gasteiger partial charge in [0.1, 0.15) is 0 Å². The first-order valence-electron chi connectivity index (χ1n) is 13.6. The van der Waals surface area contributed by atoms with E-state index in [9.17, 15) is 44.8 Å². The average Bonchev–Trinajstić information content (AvgIpc) is 3.36. The number of hydrogen-bond acceptors (Lipinski definition) is 3. The summed E-state index contributed by atoms with van der Waals surface area (Å²) in [5.74, 6) is -15.3. The van der Waals surface area contributed by atoms with Crippen LogP contribution in [0.25, 0.3) is 22.3 Å². The van der Waals surface area contributed by atoms with Crippen molar-refractivity contribution in [1.82, 2.24) is 9.97 Å². The number of hydrogen-bond donors (Lipinski definition) is 0. The quantitative estimate of drug-likeness (QED) is 0.207. The number of rotatable bonds is 3. The zero-order valence-electron chi connectivity index (χ0n) is 23.2. The number of aromatic nitrogens is 2. The minimum absolute atomic E-state index is 0.0431. The van der Waals surface area contributed by atoms with E-state index in [2.05, 4.69) is 9.97 Å². The highest BCUT2D eigenvalue weighted by Gasteiger charge is 2.50. The number of benzene rings is 1. The molecule has 4 atom stereocenters. The molecule has 240 valence electrons. The Labute approximate surface area is 258 Å². The smallest absolute Gasteiger partial charge is 0.265 e. The van der Waals surface area contributed by atoms with E-state index in [0.717, 1.165) is 12.1 Å². The van der Waals surface area contributed by atoms with Crippen LogP contribution in [0.5, 0.6) is 0 Å². The lowest BCUT2D eigenvalue weighted by atomic mass is 9.76. The minimum atomic E-state index is -5.06. The van der Waals surface area contributed by atoms with E-state index >= 15 is 8.78 Å². The van der Waals surface area contributed by atoms with Crippen molar-refractivity contribution in [2.24, 2.45) is 11.8 Å². The van der Waals surface area contributed by atoms with Crippen LogP contribution in [0.15, 0.2) is 108 Å². The maximum absolute atomic E-state index is 15.3. The van der Waals surface area contributed by atoms with Gasteiger partial charge in [0.05, 0.1) is 23.1 Å². The lowest BCUT2D eigenvalue weighted by Crippen LogP contribution is -2.26. The molecular formula is C33H16F11N3. The summed E-state index contributed by atoms with van der Waals surface area (Å²) in [7, 11) is 0. The van der Waals surface area contributed by atoms with Gasteiger partial charge < -0.3 is 0 Å². The molecule has 14 heteroatoms. The maximum atomic E-state index is 15.3. The van der Waals surface area contributed by atoms with Crippen molar-refractivity contribution in [3.05, 3.63) is 130 Å². The molecule has 0 spiro atoms. The fourth-order valence-electron chi connectivity index (χ4n) is 6.27. The number of pyridine rings is 2. The SMILES string of the molecule is N#C/C(=C1\c2cc(-c3ccncc3)c(C(F)(F)F)cc2C2C=C(C(F)(F)F)C(c3ccncc3)=CC12)C1C(F)=C(F)C(F)=C(F)C1F. The average molecular weight is 663 g/mol. The molecule has 3 aromatic rings. The summed E-state index contributed by atoms with van der Waals surface area (Å²) in [5, 5.41) is 10.2. The maximum Gasteiger partial charge on any atom is 0.417 e. The van der Waals surface area contributed by atoms with E-state index < -0.39 is 98.6 Å². The van der Waals surface area contributed by atoms with Gasteiger partial charge in [0.25, 0.3) is 0 Å². The molecule has 47 heavy (non-hydrogen) atoms. The first-order chi connectivity index (χ1) is 22.1. The van der Waals surface area contributed by atoms with Crippen molar-refractivity contribution in [3.8, 4) is 17.2 Å². The summed E-state index contributed by atoms with van der Waals surface area (Å²) in [6, 6.07) is 7.80. The molecule has 4 unspecified atom stereocenters. The molecule has 3 aliphatic carbocycles. The van der Waals surface area contributed by atoms with Gasteiger partial charge >= 0.3 is 12.4 Å². The van der Waals surface area contributed by atoms with Crippen LogP contribution in [0.2, 0.25) is 0 Å². The summed E-state index contributed by atoms with van der Waals surface area (Å²) in [4.78, 5) is 7.53. The molecule has 3 nitrogen and oxygen atoms in total. The summed E-state index contributed by atoms with van der Waals surface area (Å²) in [6.45, 7) is 0. The van der Waals surface area contributed by atoms with Gasteiger partial charge in [-0.05, 0) is 75.4 Å². The molecule has 0 fully saturated rings. The number of nitriles is 1. The van der Waals surface area contributed by atoms with Crippen LogP contribution in [0.1, 0.15) is 28.2 Å². The van der Waals surface area contributed by atoms with Crippen molar-refractivity contribution < 1.29 is 48.3 Å². The van der Waals surface area contributed by atoms with Crippen LogP contribution in [0.3, 0.4) is 0 Å². The second kappa shape index (κ2) is 11.3. The molecule has 0 bridgehead atoms. The van der Waals surface area contributed by atoms with Gasteiger partial charge in [-0.25, -0.2) is 22.0 Å². The molecule has 1 aromatic carbocycles. The first kappa shape index (κ1) is 31.9. The van der Waals surface area contributed by atoms with Gasteiger partial charge in [-0.2, -0.15) is 31.6 Å². The molecule has 2 heterocycles. The van der Waals surface area contributed by atoms with Crippen LogP contribution in [0.4, 0.5) is 48.3 Å². The van der Waals surface area contributed by atoms with Gasteiger partial charge in [0.15, 0.2) is 29.5 Å². The highest BCUT2D eigenvalue weighted by atomic mass is 19.4. The summed E-state index contributed by atoms with van der Waals surface area (Å²) in [5.41, 5.74) is -5.89. The Bertz CT molecular complexity index is 1980. The predicted octanol–water partition coefficient (Wildman–Crippen LogP) is 10.0. The molecular weight excluding hydrogens is 647 g/mol. The first-order valence-corrected chi connectivity index (χ1v) is 13.6. The van der Waals surface area contributed by atoms with Gasteiger partial charge in [-0.15, -0.1) is 0 Å². The largest absolute Gasteiger partial charge is 0.417 e. The van der Waals surface area contributed by atoms with Crippen molar-refractivity contribution in [2.45, 2.75) is 24.4 Å². The van der Waals surface area contributed by atoms with Gasteiger partial charge in [0.2, 0.25) is 0 Å². The third-order valence-electron chi connectivity index (χ3n) is 8.28. The Balaban J connectivity index is 1.73. The number of halogens is 11. The Hall–Kier alpha value is -5.06. The van der Waals surface area contributed by atoms with Gasteiger partial charge in [-0.3, -0.25) is 9.97 Å². The van der Waals surface area contributed by atoms with E-state index in [-0.39, 0.29) is 16.7 Å². The van der Waals surface area contributed by atoms with Crippen molar-refractivity contribution in [1.29, 1.82) is 5.26 Å². The minimum Gasteiger partial charge on any atom is -0.265 e. The molecule has 3 aliphatic rings. The third-order valence-corrected chi connectivity index (χ3v) is 8.28. The van der Waals surface area contributed by atoms with Crippen LogP contribution in [-0.2, 0) is 6.18 Å². The van der Waals surface area contributed by atoms with Crippen LogP contribution in [0, 0.1) is 23.2 Å². The zero-order valence-corrected chi connectivity index (χ0v) is 23.2. The molecule has 0 radical (unpaired) electrons. The molecule has 6 rings (SSSR count). The molecule has 0 saturated heterocycles. The molecule has 0 N–H and O–H groups in total. The van der Waals surface area contributed by atoms with Crippen molar-refractivity contribution >= 4 is 11.1 Å². The van der Waals surface area contributed by atoms with E-state index in [1.165, 1.54) is 55.1 Å². The summed E-state index contributed by atoms with van der Waals surface area (Å²) in [6.07, 6.45) is -7.06. The summed E-state index contributed by atoms with van der Waals surface area (Å²) < 4.78 is 160. The number of allylic oxidation sites excluding steroid dienone is 10. The second-order valence-corrected chi connectivity index (χ2v) is 10.8. The standard InChI is InChI=1S/C33H16F11N3/c34-27-26(28(35)30(37)31(38)29(27)36)22(13-45)25-20-9-16(14-1-5-46-6-2-14)23(32(39,40)41)11-18(20)19-12-24(33(42,43)44)17(10-21(19)25)15-3-7-47-8-4-15/h1-12,18,20,26-27H/b25-22+. The second-order valence-electron chi connectivity index (χ2n) is 10.8.